The van der Waals surface area contributed by atoms with Crippen molar-refractivity contribution < 1.29 is 4.79 Å². The lowest BCUT2D eigenvalue weighted by Gasteiger charge is -2.36. The van der Waals surface area contributed by atoms with E-state index in [9.17, 15) is 4.79 Å². The highest BCUT2D eigenvalue weighted by molar-refractivity contribution is 5.87. The number of rotatable bonds is 4. The molecule has 9 heteroatoms. The van der Waals surface area contributed by atoms with Crippen LogP contribution in [0.4, 0.5) is 5.82 Å². The van der Waals surface area contributed by atoms with Crippen LogP contribution in [0, 0.1) is 0 Å². The molecule has 1 saturated heterocycles. The fourth-order valence-electron chi connectivity index (χ4n) is 3.01. The summed E-state index contributed by atoms with van der Waals surface area (Å²) in [6, 6.07) is -0.379. The molecule has 0 aromatic carbocycles. The molecule has 2 aromatic rings. The summed E-state index contributed by atoms with van der Waals surface area (Å²) in [6.07, 6.45) is 5.02. The maximum atomic E-state index is 12.3. The summed E-state index contributed by atoms with van der Waals surface area (Å²) < 4.78 is 1.74. The lowest BCUT2D eigenvalue weighted by atomic mass is 10.1. The van der Waals surface area contributed by atoms with Gasteiger partial charge in [0.2, 0.25) is 5.91 Å². The zero-order chi connectivity index (χ0) is 16.4. The number of anilines is 1. The van der Waals surface area contributed by atoms with Crippen molar-refractivity contribution in [2.75, 3.05) is 31.1 Å². The Hall–Kier alpha value is -1.93. The van der Waals surface area contributed by atoms with Crippen LogP contribution in [0.5, 0.6) is 0 Å². The Labute approximate surface area is 147 Å². The minimum Gasteiger partial charge on any atom is -0.352 e. The minimum atomic E-state index is -0.379. The van der Waals surface area contributed by atoms with Crippen LogP contribution in [0.2, 0.25) is 0 Å². The number of hydrogen-bond donors (Lipinski definition) is 1. The summed E-state index contributed by atoms with van der Waals surface area (Å²) in [7, 11) is 1.87. The number of halogens is 1. The normalized spacial score (nSPS) is 16.1. The van der Waals surface area contributed by atoms with Crippen molar-refractivity contribution in [1.82, 2.24) is 24.6 Å². The van der Waals surface area contributed by atoms with Crippen molar-refractivity contribution in [2.24, 2.45) is 12.8 Å². The summed E-state index contributed by atoms with van der Waals surface area (Å²) in [4.78, 5) is 25.0. The molecule has 0 radical (unpaired) electrons. The molecule has 3 rings (SSSR count). The van der Waals surface area contributed by atoms with Gasteiger partial charge < -0.3 is 15.5 Å². The van der Waals surface area contributed by atoms with Gasteiger partial charge in [0.25, 0.3) is 0 Å². The molecular weight excluding hydrogens is 330 g/mol. The van der Waals surface area contributed by atoms with Crippen LogP contribution in [0.1, 0.15) is 19.8 Å². The molecule has 1 aliphatic heterocycles. The molecule has 0 bridgehead atoms. The highest BCUT2D eigenvalue weighted by atomic mass is 35.5. The predicted molar refractivity (Wildman–Crippen MR) is 95.2 cm³/mol. The predicted octanol–water partition coefficient (Wildman–Crippen LogP) is 0.561. The lowest BCUT2D eigenvalue weighted by molar-refractivity contribution is -0.133. The first-order valence-electron chi connectivity index (χ1n) is 8.03. The number of aryl methyl sites for hydroxylation is 1. The number of carbonyl (C=O) groups excluding carboxylic acids is 1. The van der Waals surface area contributed by atoms with Gasteiger partial charge in [0.05, 0.1) is 17.6 Å². The summed E-state index contributed by atoms with van der Waals surface area (Å²) >= 11 is 0. The van der Waals surface area contributed by atoms with E-state index in [-0.39, 0.29) is 24.4 Å². The fraction of sp³-hybridized carbons (Fsp3) is 0.600. The van der Waals surface area contributed by atoms with Crippen molar-refractivity contribution in [2.45, 2.75) is 25.8 Å². The number of fused-ring (bicyclic) bond motifs is 1. The van der Waals surface area contributed by atoms with Crippen molar-refractivity contribution >= 4 is 35.2 Å². The zero-order valence-corrected chi connectivity index (χ0v) is 14.9. The van der Waals surface area contributed by atoms with Crippen molar-refractivity contribution in [3.8, 4) is 0 Å². The van der Waals surface area contributed by atoms with Crippen LogP contribution in [0.25, 0.3) is 11.0 Å². The van der Waals surface area contributed by atoms with E-state index < -0.39 is 0 Å². The summed E-state index contributed by atoms with van der Waals surface area (Å²) in [5.41, 5.74) is 6.76. The molecule has 0 aliphatic carbocycles. The molecule has 2 aromatic heterocycles. The first kappa shape index (κ1) is 18.4. The average Bonchev–Trinajstić information content (AvgIpc) is 2.96. The van der Waals surface area contributed by atoms with Crippen molar-refractivity contribution in [1.29, 1.82) is 0 Å². The second-order valence-corrected chi connectivity index (χ2v) is 5.91. The molecule has 1 unspecified atom stereocenters. The topological polar surface area (TPSA) is 93.2 Å². The van der Waals surface area contributed by atoms with Gasteiger partial charge in [0.15, 0.2) is 5.65 Å². The molecule has 8 nitrogen and oxygen atoms in total. The van der Waals surface area contributed by atoms with E-state index in [2.05, 4.69) is 20.0 Å². The van der Waals surface area contributed by atoms with Gasteiger partial charge in [-0.05, 0) is 6.42 Å². The summed E-state index contributed by atoms with van der Waals surface area (Å²) in [5, 5.41) is 5.19. The van der Waals surface area contributed by atoms with Gasteiger partial charge in [-0.15, -0.1) is 12.4 Å². The molecule has 1 amide bonds. The average molecular weight is 354 g/mol. The van der Waals surface area contributed by atoms with Crippen LogP contribution in [-0.2, 0) is 11.8 Å². The first-order valence-corrected chi connectivity index (χ1v) is 8.03. The Morgan fingerprint density at radius 1 is 1.29 bits per heavy atom. The first-order chi connectivity index (χ1) is 11.1. The molecule has 0 spiro atoms. The van der Waals surface area contributed by atoms with Crippen molar-refractivity contribution in [3.05, 3.63) is 12.5 Å². The number of piperazine rings is 1. The molecule has 1 atom stereocenters. The number of carbonyl (C=O) groups is 1. The number of nitrogens with two attached hydrogens (primary N) is 1. The van der Waals surface area contributed by atoms with Gasteiger partial charge in [-0.3, -0.25) is 9.48 Å². The third-order valence-electron chi connectivity index (χ3n) is 4.32. The molecule has 1 fully saturated rings. The molecule has 3 heterocycles. The number of nitrogens with zero attached hydrogens (tertiary/aromatic N) is 6. The monoisotopic (exact) mass is 353 g/mol. The van der Waals surface area contributed by atoms with Gasteiger partial charge in [-0.2, -0.15) is 5.10 Å². The highest BCUT2D eigenvalue weighted by Gasteiger charge is 2.26. The molecule has 2 N–H and O–H groups in total. The quantitative estimate of drug-likeness (QED) is 0.863. The lowest BCUT2D eigenvalue weighted by Crippen LogP contribution is -2.53. The van der Waals surface area contributed by atoms with Gasteiger partial charge in [0, 0.05) is 33.2 Å². The van der Waals surface area contributed by atoms with Gasteiger partial charge in [-0.1, -0.05) is 13.3 Å². The second-order valence-electron chi connectivity index (χ2n) is 5.91. The zero-order valence-electron chi connectivity index (χ0n) is 14.1. The van der Waals surface area contributed by atoms with E-state index in [1.165, 1.54) is 0 Å². The van der Waals surface area contributed by atoms with Crippen LogP contribution >= 0.6 is 12.4 Å². The van der Waals surface area contributed by atoms with Crippen LogP contribution in [0.3, 0.4) is 0 Å². The van der Waals surface area contributed by atoms with Crippen LogP contribution in [-0.4, -0.2) is 62.8 Å². The third-order valence-corrected chi connectivity index (χ3v) is 4.32. The Bertz CT molecular complexity index is 696. The van der Waals surface area contributed by atoms with E-state index in [0.29, 0.717) is 13.1 Å². The molecule has 0 saturated carbocycles. The molecule has 132 valence electrons. The van der Waals surface area contributed by atoms with E-state index in [1.807, 2.05) is 18.9 Å². The van der Waals surface area contributed by atoms with E-state index in [0.717, 1.165) is 42.8 Å². The Morgan fingerprint density at radius 2 is 2.00 bits per heavy atom. The van der Waals surface area contributed by atoms with E-state index >= 15 is 0 Å². The molecule has 1 aliphatic rings. The minimum absolute atomic E-state index is 0. The van der Waals surface area contributed by atoms with Crippen molar-refractivity contribution in [3.63, 3.8) is 0 Å². The Kier molecular flexibility index (Phi) is 5.95. The Morgan fingerprint density at radius 3 is 2.67 bits per heavy atom. The van der Waals surface area contributed by atoms with E-state index in [1.54, 1.807) is 17.2 Å². The number of amides is 1. The maximum Gasteiger partial charge on any atom is 0.239 e. The fourth-order valence-corrected chi connectivity index (χ4v) is 3.01. The SMILES string of the molecule is CCCC(N)C(=O)N1CCN(c2ncnc3c2cnn3C)CC1.Cl. The summed E-state index contributed by atoms with van der Waals surface area (Å²) in [6.45, 7) is 4.86. The number of aromatic nitrogens is 4. The van der Waals surface area contributed by atoms with Gasteiger partial charge >= 0.3 is 0 Å². The second kappa shape index (κ2) is 7.76. The smallest absolute Gasteiger partial charge is 0.239 e. The van der Waals surface area contributed by atoms with Crippen LogP contribution < -0.4 is 10.6 Å². The maximum absolute atomic E-state index is 12.3. The Balaban J connectivity index is 0.00000208. The largest absolute Gasteiger partial charge is 0.352 e. The molecule has 24 heavy (non-hydrogen) atoms. The standard InChI is InChI=1S/C15H23N7O.ClH/c1-3-4-12(16)15(23)22-7-5-21(6-8-22)14-11-9-19-20(2)13(11)17-10-18-14;/h9-10,12H,3-8,16H2,1-2H3;1H. The highest BCUT2D eigenvalue weighted by Crippen LogP contribution is 2.23. The van der Waals surface area contributed by atoms with E-state index in [4.69, 9.17) is 5.73 Å². The number of hydrogen-bond acceptors (Lipinski definition) is 6. The van der Waals surface area contributed by atoms with Gasteiger partial charge in [0.1, 0.15) is 12.1 Å². The molecular formula is C15H24ClN7O. The van der Waals surface area contributed by atoms with Crippen LogP contribution in [0.15, 0.2) is 12.5 Å². The van der Waals surface area contributed by atoms with Gasteiger partial charge in [-0.25, -0.2) is 9.97 Å². The summed E-state index contributed by atoms with van der Waals surface area (Å²) in [5.74, 6) is 0.939. The third kappa shape index (κ3) is 3.44.